The number of piperidine rings is 1. The number of benzene rings is 2. The van der Waals surface area contributed by atoms with Crippen molar-refractivity contribution in [3.8, 4) is 0 Å². The van der Waals surface area contributed by atoms with Crippen LogP contribution in [0.2, 0.25) is 0 Å². The van der Waals surface area contributed by atoms with E-state index in [1.54, 1.807) is 0 Å². The maximum absolute atomic E-state index is 2.76. The molecule has 2 saturated heterocycles. The van der Waals surface area contributed by atoms with Crippen molar-refractivity contribution in [1.82, 2.24) is 9.80 Å². The van der Waals surface area contributed by atoms with E-state index in [2.05, 4.69) is 83.1 Å². The van der Waals surface area contributed by atoms with Crippen LogP contribution in [-0.2, 0) is 6.42 Å². The van der Waals surface area contributed by atoms with Crippen molar-refractivity contribution in [1.29, 1.82) is 0 Å². The lowest BCUT2D eigenvalue weighted by Crippen LogP contribution is -2.53. The lowest BCUT2D eigenvalue weighted by molar-refractivity contribution is 0.0840. The molecule has 1 atom stereocenters. The van der Waals surface area contributed by atoms with Crippen molar-refractivity contribution in [2.75, 3.05) is 44.2 Å². The average Bonchev–Trinajstić information content (AvgIpc) is 2.83. The minimum atomic E-state index is 0.532. The van der Waals surface area contributed by atoms with Gasteiger partial charge in [-0.3, -0.25) is 9.80 Å². The number of hydrogen-bond acceptors (Lipinski definition) is 3. The molecule has 0 aromatic heterocycles. The van der Waals surface area contributed by atoms with Gasteiger partial charge in [0.2, 0.25) is 0 Å². The molecule has 0 N–H and O–H groups in total. The molecule has 30 heavy (non-hydrogen) atoms. The first-order chi connectivity index (χ1) is 14.7. The van der Waals surface area contributed by atoms with Gasteiger partial charge in [-0.15, -0.1) is 0 Å². The summed E-state index contributed by atoms with van der Waals surface area (Å²) in [4.78, 5) is 8.01. The molecule has 2 aromatic carbocycles. The molecule has 162 valence electrons. The Hall–Kier alpha value is -1.84. The van der Waals surface area contributed by atoms with E-state index in [0.29, 0.717) is 6.04 Å². The molecular weight excluding hydrogens is 366 g/mol. The number of piperazine rings is 1. The van der Waals surface area contributed by atoms with Crippen LogP contribution < -0.4 is 4.90 Å². The Morgan fingerprint density at radius 3 is 2.13 bits per heavy atom. The molecule has 2 heterocycles. The van der Waals surface area contributed by atoms with Crippen molar-refractivity contribution in [2.45, 2.75) is 58.0 Å². The number of rotatable bonds is 7. The van der Waals surface area contributed by atoms with Crippen LogP contribution in [0.15, 0.2) is 54.6 Å². The normalized spacial score (nSPS) is 20.4. The molecule has 2 fully saturated rings. The molecule has 2 aromatic rings. The number of hydrogen-bond donors (Lipinski definition) is 0. The minimum Gasteiger partial charge on any atom is -0.369 e. The summed E-state index contributed by atoms with van der Waals surface area (Å²) < 4.78 is 0. The van der Waals surface area contributed by atoms with E-state index < -0.39 is 0 Å². The van der Waals surface area contributed by atoms with Crippen molar-refractivity contribution in [2.24, 2.45) is 0 Å². The number of unbranched alkanes of at least 4 members (excludes halogenated alkanes) is 1. The quantitative estimate of drug-likeness (QED) is 0.612. The summed E-state index contributed by atoms with van der Waals surface area (Å²) in [6.45, 7) is 11.8. The number of anilines is 1. The third-order valence-corrected chi connectivity index (χ3v) is 7.28. The number of nitrogens with zero attached hydrogens (tertiary/aromatic N) is 3. The largest absolute Gasteiger partial charge is 0.369 e. The van der Waals surface area contributed by atoms with Crippen molar-refractivity contribution < 1.29 is 0 Å². The summed E-state index contributed by atoms with van der Waals surface area (Å²) in [6.07, 6.45) is 6.40. The van der Waals surface area contributed by atoms with Crippen molar-refractivity contribution in [3.63, 3.8) is 0 Å². The third-order valence-electron chi connectivity index (χ3n) is 7.28. The standard InChI is InChI=1S/C27H39N3/c1-3-4-8-24-11-13-26(14-12-24)29-19-21-30(22-20-29)27-15-17-28(18-16-27)23(2)25-9-6-5-7-10-25/h5-7,9-14,23,27H,3-4,8,15-22H2,1-2H3. The highest BCUT2D eigenvalue weighted by Gasteiger charge is 2.29. The Bertz CT molecular complexity index is 741. The zero-order chi connectivity index (χ0) is 20.8. The highest BCUT2D eigenvalue weighted by atomic mass is 15.3. The molecule has 0 amide bonds. The van der Waals surface area contributed by atoms with E-state index in [1.807, 2.05) is 0 Å². The Labute approximate surface area is 183 Å². The summed E-state index contributed by atoms with van der Waals surface area (Å²) in [6, 6.07) is 21.6. The first-order valence-electron chi connectivity index (χ1n) is 12.1. The van der Waals surface area contributed by atoms with Crippen LogP contribution in [0.1, 0.15) is 56.7 Å². The van der Waals surface area contributed by atoms with Gasteiger partial charge in [-0.25, -0.2) is 0 Å². The van der Waals surface area contributed by atoms with Crippen LogP contribution in [0.5, 0.6) is 0 Å². The van der Waals surface area contributed by atoms with Crippen LogP contribution in [-0.4, -0.2) is 55.1 Å². The summed E-state index contributed by atoms with van der Waals surface area (Å²) >= 11 is 0. The molecule has 3 heteroatoms. The van der Waals surface area contributed by atoms with E-state index >= 15 is 0 Å². The summed E-state index contributed by atoms with van der Waals surface area (Å²) in [5.74, 6) is 0. The van der Waals surface area contributed by atoms with Gasteiger partial charge in [0.25, 0.3) is 0 Å². The van der Waals surface area contributed by atoms with Gasteiger partial charge in [0.05, 0.1) is 0 Å². The van der Waals surface area contributed by atoms with Gasteiger partial charge in [0, 0.05) is 57.0 Å². The van der Waals surface area contributed by atoms with Gasteiger partial charge in [0.1, 0.15) is 0 Å². The number of likely N-dealkylation sites (tertiary alicyclic amines) is 1. The Morgan fingerprint density at radius 2 is 1.50 bits per heavy atom. The molecular formula is C27H39N3. The van der Waals surface area contributed by atoms with Gasteiger partial charge in [-0.2, -0.15) is 0 Å². The minimum absolute atomic E-state index is 0.532. The van der Waals surface area contributed by atoms with E-state index in [9.17, 15) is 0 Å². The molecule has 0 aliphatic carbocycles. The Balaban J connectivity index is 1.23. The van der Waals surface area contributed by atoms with Crippen LogP contribution in [0.3, 0.4) is 0 Å². The fraction of sp³-hybridized carbons (Fsp3) is 0.556. The first-order valence-corrected chi connectivity index (χ1v) is 12.1. The molecule has 0 radical (unpaired) electrons. The summed E-state index contributed by atoms with van der Waals surface area (Å²) in [5.41, 5.74) is 4.34. The molecule has 4 rings (SSSR count). The van der Waals surface area contributed by atoms with Gasteiger partial charge >= 0.3 is 0 Å². The molecule has 0 bridgehead atoms. The molecule has 1 unspecified atom stereocenters. The second kappa shape index (κ2) is 10.5. The van der Waals surface area contributed by atoms with E-state index in [-0.39, 0.29) is 0 Å². The van der Waals surface area contributed by atoms with Crippen LogP contribution in [0, 0.1) is 0 Å². The Kier molecular flexibility index (Phi) is 7.46. The van der Waals surface area contributed by atoms with Crippen LogP contribution in [0.25, 0.3) is 0 Å². The second-order valence-electron chi connectivity index (χ2n) is 9.15. The van der Waals surface area contributed by atoms with Crippen molar-refractivity contribution >= 4 is 5.69 Å². The lowest BCUT2D eigenvalue weighted by Gasteiger charge is -2.44. The molecule has 0 saturated carbocycles. The monoisotopic (exact) mass is 405 g/mol. The second-order valence-corrected chi connectivity index (χ2v) is 9.15. The van der Waals surface area contributed by atoms with E-state index in [4.69, 9.17) is 0 Å². The SMILES string of the molecule is CCCCc1ccc(N2CCN(C3CCN(C(C)c4ccccc4)CC3)CC2)cc1. The first kappa shape index (κ1) is 21.4. The van der Waals surface area contributed by atoms with Gasteiger partial charge in [-0.1, -0.05) is 55.8 Å². The maximum Gasteiger partial charge on any atom is 0.0367 e. The van der Waals surface area contributed by atoms with Gasteiger partial charge < -0.3 is 4.90 Å². The van der Waals surface area contributed by atoms with Crippen molar-refractivity contribution in [3.05, 3.63) is 65.7 Å². The Morgan fingerprint density at radius 1 is 0.833 bits per heavy atom. The maximum atomic E-state index is 2.76. The van der Waals surface area contributed by atoms with Crippen LogP contribution >= 0.6 is 0 Å². The highest BCUT2D eigenvalue weighted by molar-refractivity contribution is 5.48. The summed E-state index contributed by atoms with van der Waals surface area (Å²) in [5, 5.41) is 0. The van der Waals surface area contributed by atoms with E-state index in [0.717, 1.165) is 19.1 Å². The zero-order valence-corrected chi connectivity index (χ0v) is 19.0. The topological polar surface area (TPSA) is 9.72 Å². The third kappa shape index (κ3) is 5.25. The van der Waals surface area contributed by atoms with Gasteiger partial charge in [-0.05, 0) is 55.9 Å². The summed E-state index contributed by atoms with van der Waals surface area (Å²) in [7, 11) is 0. The lowest BCUT2D eigenvalue weighted by atomic mass is 9.98. The van der Waals surface area contributed by atoms with Gasteiger partial charge in [0.15, 0.2) is 0 Å². The molecule has 2 aliphatic heterocycles. The predicted octanol–water partition coefficient (Wildman–Crippen LogP) is 5.38. The predicted molar refractivity (Wildman–Crippen MR) is 128 cm³/mol. The smallest absolute Gasteiger partial charge is 0.0367 e. The average molecular weight is 406 g/mol. The highest BCUT2D eigenvalue weighted by Crippen LogP contribution is 2.27. The fourth-order valence-electron chi connectivity index (χ4n) is 5.18. The fourth-order valence-corrected chi connectivity index (χ4v) is 5.18. The zero-order valence-electron chi connectivity index (χ0n) is 19.0. The van der Waals surface area contributed by atoms with E-state index in [1.165, 1.54) is 75.1 Å². The van der Waals surface area contributed by atoms with Crippen LogP contribution in [0.4, 0.5) is 5.69 Å². The molecule has 0 spiro atoms. The molecule has 3 nitrogen and oxygen atoms in total. The molecule has 2 aliphatic rings. The number of aryl methyl sites for hydroxylation is 1.